The molecule has 1 aromatic rings. The summed E-state index contributed by atoms with van der Waals surface area (Å²) in [5.74, 6) is -1.24. The molecular formula is C9H10BrFO. The highest BCUT2D eigenvalue weighted by Gasteiger charge is 2.04. The summed E-state index contributed by atoms with van der Waals surface area (Å²) in [5, 5.41) is 0. The van der Waals surface area contributed by atoms with Crippen LogP contribution in [0.2, 0.25) is 0 Å². The number of halogens is 2. The predicted octanol–water partition coefficient (Wildman–Crippen LogP) is 3.38. The molecule has 12 heavy (non-hydrogen) atoms. The summed E-state index contributed by atoms with van der Waals surface area (Å²) >= 11 is 3.02. The van der Waals surface area contributed by atoms with Crippen LogP contribution < -0.4 is 4.74 Å². The second kappa shape index (κ2) is 3.90. The average molecular weight is 239 g/mol. The van der Waals surface area contributed by atoms with Crippen molar-refractivity contribution in [1.29, 1.82) is 0 Å². The van der Waals surface area contributed by atoms with Gasteiger partial charge in [-0.15, -0.1) is 0 Å². The topological polar surface area (TPSA) is 9.23 Å². The van der Waals surface area contributed by atoms with Crippen LogP contribution in [0.4, 0.5) is 4.39 Å². The minimum atomic E-state index is -2.87. The molecule has 0 aliphatic rings. The van der Waals surface area contributed by atoms with E-state index in [2.05, 4.69) is 15.9 Å². The lowest BCUT2D eigenvalue weighted by molar-refractivity contribution is 0.231. The van der Waals surface area contributed by atoms with Crippen molar-refractivity contribution in [3.8, 4) is 5.75 Å². The quantitative estimate of drug-likeness (QED) is 0.768. The highest BCUT2D eigenvalue weighted by Crippen LogP contribution is 2.22. The molecule has 0 spiro atoms. The third-order valence-corrected chi connectivity index (χ3v) is 1.63. The maximum absolute atomic E-state index is 13.5. The van der Waals surface area contributed by atoms with Gasteiger partial charge in [0.1, 0.15) is 0 Å². The Balaban J connectivity index is 3.05. The first-order chi connectivity index (χ1) is 8.01. The molecule has 0 heterocycles. The minimum absolute atomic E-state index is 0.407. The van der Waals surface area contributed by atoms with Gasteiger partial charge in [-0.1, -0.05) is 15.9 Å². The molecule has 0 bridgehead atoms. The first-order valence-corrected chi connectivity index (χ1v) is 3.93. The largest absolute Gasteiger partial charge is 0.488 e. The zero-order chi connectivity index (χ0) is 14.1. The van der Waals surface area contributed by atoms with Crippen molar-refractivity contribution in [2.45, 2.75) is 19.8 Å². The number of hydrogen-bond donors (Lipinski definition) is 0. The molecule has 3 heteroatoms. The molecule has 0 radical (unpaired) electrons. The summed E-state index contributed by atoms with van der Waals surface area (Å²) in [6.45, 7) is -5.74. The third-order valence-electron chi connectivity index (χ3n) is 1.14. The van der Waals surface area contributed by atoms with Crippen molar-refractivity contribution in [3.63, 3.8) is 0 Å². The highest BCUT2D eigenvalue weighted by atomic mass is 79.9. The van der Waals surface area contributed by atoms with Crippen LogP contribution in [0.25, 0.3) is 0 Å². The van der Waals surface area contributed by atoms with Crippen molar-refractivity contribution < 1.29 is 17.4 Å². The molecule has 0 aromatic heterocycles. The maximum atomic E-state index is 13.5. The molecule has 0 atom stereocenters. The van der Waals surface area contributed by atoms with Gasteiger partial charge < -0.3 is 4.74 Å². The van der Waals surface area contributed by atoms with E-state index in [-0.39, 0.29) is 0 Å². The van der Waals surface area contributed by atoms with Crippen molar-refractivity contribution in [2.24, 2.45) is 0 Å². The monoisotopic (exact) mass is 238 g/mol. The fraction of sp³-hybridized carbons (Fsp3) is 0.333. The summed E-state index contributed by atoms with van der Waals surface area (Å²) in [4.78, 5) is 0. The maximum Gasteiger partial charge on any atom is 0.166 e. The van der Waals surface area contributed by atoms with Gasteiger partial charge in [-0.2, -0.15) is 0 Å². The fourth-order valence-corrected chi connectivity index (χ4v) is 1.03. The second-order valence-corrected chi connectivity index (χ2v) is 2.99. The Kier molecular flexibility index (Phi) is 1.33. The van der Waals surface area contributed by atoms with Crippen LogP contribution in [-0.2, 0) is 0 Å². The predicted molar refractivity (Wildman–Crippen MR) is 49.9 cm³/mol. The molecule has 0 N–H and O–H groups in total. The Hall–Kier alpha value is -0.570. The van der Waals surface area contributed by atoms with Gasteiger partial charge in [0, 0.05) is 12.7 Å². The zero-order valence-corrected chi connectivity index (χ0v) is 7.56. The summed E-state index contributed by atoms with van der Waals surface area (Å²) < 4.78 is 61.5. The summed E-state index contributed by atoms with van der Waals surface area (Å²) in [7, 11) is 0. The first-order valence-electron chi connectivity index (χ1n) is 6.13. The number of ether oxygens (including phenoxy) is 1. The summed E-state index contributed by atoms with van der Waals surface area (Å²) in [6.07, 6.45) is -2.07. The molecule has 1 aromatic carbocycles. The fourth-order valence-electron chi connectivity index (χ4n) is 0.698. The lowest BCUT2D eigenvalue weighted by atomic mass is 10.3. The van der Waals surface area contributed by atoms with Gasteiger partial charge in [-0.05, 0) is 31.9 Å². The smallest absolute Gasteiger partial charge is 0.166 e. The Labute approximate surface area is 88.1 Å². The van der Waals surface area contributed by atoms with Gasteiger partial charge in [0.2, 0.25) is 0 Å². The van der Waals surface area contributed by atoms with Gasteiger partial charge in [-0.3, -0.25) is 0 Å². The Bertz CT molecular complexity index is 416. The third kappa shape index (κ3) is 2.48. The van der Waals surface area contributed by atoms with Gasteiger partial charge in [0.05, 0.1) is 6.10 Å². The number of benzene rings is 1. The second-order valence-electron chi connectivity index (χ2n) is 2.07. The lowest BCUT2D eigenvalue weighted by Crippen LogP contribution is -2.06. The van der Waals surface area contributed by atoms with E-state index in [9.17, 15) is 4.39 Å². The molecule has 0 aliphatic carbocycles. The number of hydrogen-bond acceptors (Lipinski definition) is 1. The van der Waals surface area contributed by atoms with Gasteiger partial charge in [0.15, 0.2) is 11.6 Å². The average Bonchev–Trinajstić information content (AvgIpc) is 2.12. The number of rotatable bonds is 2. The van der Waals surface area contributed by atoms with Crippen LogP contribution in [-0.4, -0.2) is 6.10 Å². The molecule has 0 aliphatic heterocycles. The lowest BCUT2D eigenvalue weighted by Gasteiger charge is -2.09. The normalized spacial score (nSPS) is 19.9. The van der Waals surface area contributed by atoms with Crippen molar-refractivity contribution >= 4 is 15.9 Å². The Morgan fingerprint density at radius 2 is 2.33 bits per heavy atom. The molecule has 0 saturated heterocycles. The van der Waals surface area contributed by atoms with E-state index < -0.39 is 31.4 Å². The van der Waals surface area contributed by atoms with E-state index in [1.165, 1.54) is 12.1 Å². The van der Waals surface area contributed by atoms with Crippen LogP contribution in [0.1, 0.15) is 21.9 Å². The zero-order valence-electron chi connectivity index (χ0n) is 12.0. The van der Waals surface area contributed by atoms with Crippen LogP contribution in [0.5, 0.6) is 5.75 Å². The van der Waals surface area contributed by atoms with Gasteiger partial charge in [-0.25, -0.2) is 4.39 Å². The van der Waals surface area contributed by atoms with E-state index >= 15 is 0 Å². The van der Waals surface area contributed by atoms with E-state index in [0.29, 0.717) is 4.47 Å². The Morgan fingerprint density at radius 3 is 2.92 bits per heavy atom. The van der Waals surface area contributed by atoms with Crippen molar-refractivity contribution in [1.82, 2.24) is 0 Å². The first kappa shape index (κ1) is 4.09. The molecule has 66 valence electrons. The van der Waals surface area contributed by atoms with Crippen molar-refractivity contribution in [2.75, 3.05) is 0 Å². The Morgan fingerprint density at radius 1 is 1.58 bits per heavy atom. The van der Waals surface area contributed by atoms with Crippen LogP contribution in [0, 0.1) is 5.82 Å². The van der Waals surface area contributed by atoms with Crippen LogP contribution >= 0.6 is 15.9 Å². The molecule has 1 rings (SSSR count). The molecule has 0 fully saturated rings. The standard InChI is InChI=1S/C9H10BrFO/c1-6(2)12-9-4-3-7(10)5-8(9)11/h3-6H,1-2H3/i1D3,2D3. The van der Waals surface area contributed by atoms with E-state index in [4.69, 9.17) is 13.0 Å². The summed E-state index contributed by atoms with van der Waals surface area (Å²) in [6, 6.07) is 3.66. The van der Waals surface area contributed by atoms with Crippen molar-refractivity contribution in [3.05, 3.63) is 28.5 Å². The SMILES string of the molecule is [2H]C([2H])([2H])C(Oc1ccc(Br)cc1F)C([2H])([2H])[2H]. The molecular weight excluding hydrogens is 223 g/mol. The van der Waals surface area contributed by atoms with Crippen LogP contribution in [0.3, 0.4) is 0 Å². The molecule has 0 saturated carbocycles. The molecule has 0 amide bonds. The minimum Gasteiger partial charge on any atom is -0.488 e. The molecule has 1 nitrogen and oxygen atoms in total. The van der Waals surface area contributed by atoms with E-state index in [1.54, 1.807) is 0 Å². The van der Waals surface area contributed by atoms with Crippen LogP contribution in [0.15, 0.2) is 22.7 Å². The molecule has 0 unspecified atom stereocenters. The van der Waals surface area contributed by atoms with E-state index in [0.717, 1.165) is 6.07 Å². The van der Waals surface area contributed by atoms with Gasteiger partial charge in [0.25, 0.3) is 0 Å². The summed E-state index contributed by atoms with van der Waals surface area (Å²) in [5.41, 5.74) is 0. The highest BCUT2D eigenvalue weighted by molar-refractivity contribution is 9.10. The van der Waals surface area contributed by atoms with Gasteiger partial charge >= 0.3 is 0 Å². The van der Waals surface area contributed by atoms with E-state index in [1.807, 2.05) is 0 Å².